The van der Waals surface area contributed by atoms with E-state index in [-0.39, 0.29) is 18.4 Å². The Balaban J connectivity index is 1.44. The molecule has 2 amide bonds. The van der Waals surface area contributed by atoms with E-state index in [1.54, 1.807) is 49.7 Å². The van der Waals surface area contributed by atoms with Gasteiger partial charge >= 0.3 is 0 Å². The number of benzene rings is 2. The van der Waals surface area contributed by atoms with Crippen LogP contribution in [0.4, 0.5) is 10.8 Å². The molecule has 0 saturated carbocycles. The van der Waals surface area contributed by atoms with Crippen molar-refractivity contribution >= 4 is 44.2 Å². The molecule has 4 rings (SSSR count). The highest BCUT2D eigenvalue weighted by atomic mass is 32.1. The number of ether oxygens (including phenoxy) is 1. The Bertz CT molecular complexity index is 1070. The Morgan fingerprint density at radius 3 is 2.73 bits per heavy atom. The van der Waals surface area contributed by atoms with Crippen molar-refractivity contribution in [2.24, 2.45) is 0 Å². The molecule has 1 aromatic heterocycles. The van der Waals surface area contributed by atoms with Crippen LogP contribution in [0.3, 0.4) is 0 Å². The van der Waals surface area contributed by atoms with Crippen LogP contribution in [-0.4, -0.2) is 55.5 Å². The van der Waals surface area contributed by atoms with Crippen molar-refractivity contribution in [1.29, 1.82) is 0 Å². The normalized spacial score (nSPS) is 13.5. The Morgan fingerprint density at radius 2 is 1.97 bits per heavy atom. The largest absolute Gasteiger partial charge is 0.484 e. The van der Waals surface area contributed by atoms with Gasteiger partial charge in [-0.2, -0.15) is 0 Å². The van der Waals surface area contributed by atoms with Gasteiger partial charge in [0.25, 0.3) is 11.8 Å². The molecule has 8 heteroatoms. The number of nitrogens with one attached hydrogen (secondary N) is 1. The van der Waals surface area contributed by atoms with E-state index in [2.05, 4.69) is 10.2 Å². The van der Waals surface area contributed by atoms with Crippen molar-refractivity contribution < 1.29 is 14.3 Å². The summed E-state index contributed by atoms with van der Waals surface area (Å²) in [6.07, 6.45) is 2.42. The highest BCUT2D eigenvalue weighted by Crippen LogP contribution is 2.32. The molecule has 0 aliphatic carbocycles. The van der Waals surface area contributed by atoms with Crippen molar-refractivity contribution in [2.45, 2.75) is 12.8 Å². The number of nitrogens with zero attached hydrogens (tertiary/aromatic N) is 3. The summed E-state index contributed by atoms with van der Waals surface area (Å²) in [7, 11) is 3.34. The molecule has 7 nitrogen and oxygen atoms in total. The van der Waals surface area contributed by atoms with E-state index in [1.807, 2.05) is 18.2 Å². The summed E-state index contributed by atoms with van der Waals surface area (Å²) >= 11 is 1.65. The maximum Gasteiger partial charge on any atom is 0.259 e. The number of thiazole rings is 1. The lowest BCUT2D eigenvalue weighted by atomic mass is 10.2. The number of amides is 2. The summed E-state index contributed by atoms with van der Waals surface area (Å²) in [5, 5.41) is 3.98. The number of carbonyl (C=O) groups excluding carboxylic acids is 2. The van der Waals surface area contributed by atoms with Crippen LogP contribution in [0, 0.1) is 0 Å². The van der Waals surface area contributed by atoms with Gasteiger partial charge in [0, 0.05) is 38.4 Å². The van der Waals surface area contributed by atoms with Crippen LogP contribution in [0.5, 0.6) is 5.75 Å². The minimum atomic E-state index is -0.233. The lowest BCUT2D eigenvalue weighted by molar-refractivity contribution is -0.130. The van der Waals surface area contributed by atoms with Gasteiger partial charge in [-0.15, -0.1) is 0 Å². The van der Waals surface area contributed by atoms with E-state index < -0.39 is 0 Å². The second-order valence-corrected chi connectivity index (χ2v) is 8.44. The summed E-state index contributed by atoms with van der Waals surface area (Å²) in [6, 6.07) is 12.6. The predicted octanol–water partition coefficient (Wildman–Crippen LogP) is 3.62. The second-order valence-electron chi connectivity index (χ2n) is 7.43. The maximum atomic E-state index is 12.7. The number of aromatic nitrogens is 1. The van der Waals surface area contributed by atoms with Gasteiger partial charge in [0.05, 0.1) is 10.2 Å². The van der Waals surface area contributed by atoms with E-state index in [4.69, 9.17) is 9.72 Å². The molecule has 1 N–H and O–H groups in total. The molecule has 0 atom stereocenters. The van der Waals surface area contributed by atoms with Crippen LogP contribution >= 0.6 is 11.3 Å². The van der Waals surface area contributed by atoms with E-state index in [0.717, 1.165) is 34.1 Å². The molecule has 1 aliphatic heterocycles. The highest BCUT2D eigenvalue weighted by Gasteiger charge is 2.17. The average molecular weight is 425 g/mol. The molecule has 30 heavy (non-hydrogen) atoms. The summed E-state index contributed by atoms with van der Waals surface area (Å²) in [5.41, 5.74) is 2.13. The molecule has 2 heterocycles. The molecule has 3 aromatic rings. The first-order chi connectivity index (χ1) is 14.5. The quantitative estimate of drug-likeness (QED) is 0.654. The van der Waals surface area contributed by atoms with Crippen molar-refractivity contribution in [3.8, 4) is 5.75 Å². The Hall–Kier alpha value is -3.13. The van der Waals surface area contributed by atoms with E-state index in [0.29, 0.717) is 11.3 Å². The molecule has 1 saturated heterocycles. The van der Waals surface area contributed by atoms with E-state index in [1.165, 1.54) is 17.7 Å². The molecule has 2 aromatic carbocycles. The maximum absolute atomic E-state index is 12.7. The number of fused-ring (bicyclic) bond motifs is 1. The Kier molecular flexibility index (Phi) is 5.85. The third-order valence-electron chi connectivity index (χ3n) is 4.97. The lowest BCUT2D eigenvalue weighted by Gasteiger charge is -2.12. The lowest BCUT2D eigenvalue weighted by Crippen LogP contribution is -2.27. The average Bonchev–Trinajstić information content (AvgIpc) is 3.41. The first kappa shape index (κ1) is 20.2. The van der Waals surface area contributed by atoms with Crippen LogP contribution in [-0.2, 0) is 4.79 Å². The molecule has 0 spiro atoms. The van der Waals surface area contributed by atoms with Crippen molar-refractivity contribution in [3.05, 3.63) is 48.0 Å². The smallest absolute Gasteiger partial charge is 0.259 e. The molecule has 1 aliphatic rings. The summed E-state index contributed by atoms with van der Waals surface area (Å²) in [6.45, 7) is 2.05. The second kappa shape index (κ2) is 8.71. The standard InChI is InChI=1S/C22H24N4O3S/c1-25(2)20(27)14-29-17-7-5-6-15(12-17)21(28)23-16-8-9-18-19(13-16)30-22(24-18)26-10-3-4-11-26/h5-9,12-13H,3-4,10-11,14H2,1-2H3,(H,23,28). The fourth-order valence-electron chi connectivity index (χ4n) is 3.24. The molecule has 156 valence electrons. The molecule has 1 fully saturated rings. The van der Waals surface area contributed by atoms with Gasteiger partial charge in [-0.1, -0.05) is 17.4 Å². The molecule has 0 bridgehead atoms. The fourth-order valence-corrected chi connectivity index (χ4v) is 4.29. The van der Waals surface area contributed by atoms with Crippen molar-refractivity contribution in [2.75, 3.05) is 44.0 Å². The van der Waals surface area contributed by atoms with Gasteiger partial charge in [0.2, 0.25) is 0 Å². The number of anilines is 2. The molecule has 0 radical (unpaired) electrons. The number of hydrogen-bond donors (Lipinski definition) is 1. The van der Waals surface area contributed by atoms with Crippen LogP contribution in [0.15, 0.2) is 42.5 Å². The molecular formula is C22H24N4O3S. The minimum Gasteiger partial charge on any atom is -0.484 e. The topological polar surface area (TPSA) is 74.8 Å². The minimum absolute atomic E-state index is 0.0700. The van der Waals surface area contributed by atoms with Gasteiger partial charge in [0.1, 0.15) is 5.75 Å². The Morgan fingerprint density at radius 1 is 1.17 bits per heavy atom. The third kappa shape index (κ3) is 4.54. The number of hydrogen-bond acceptors (Lipinski definition) is 6. The SMILES string of the molecule is CN(C)C(=O)COc1cccc(C(=O)Nc2ccc3nc(N4CCCC4)sc3c2)c1. The third-order valence-corrected chi connectivity index (χ3v) is 6.05. The van der Waals surface area contributed by atoms with Gasteiger partial charge in [0.15, 0.2) is 11.7 Å². The van der Waals surface area contributed by atoms with Gasteiger partial charge in [-0.05, 0) is 49.2 Å². The Labute approximate surface area is 179 Å². The first-order valence-electron chi connectivity index (χ1n) is 9.89. The number of rotatable bonds is 6. The van der Waals surface area contributed by atoms with Crippen molar-refractivity contribution in [1.82, 2.24) is 9.88 Å². The fraction of sp³-hybridized carbons (Fsp3) is 0.318. The summed E-state index contributed by atoms with van der Waals surface area (Å²) in [5.74, 6) is 0.102. The van der Waals surface area contributed by atoms with E-state index in [9.17, 15) is 9.59 Å². The molecular weight excluding hydrogens is 400 g/mol. The summed E-state index contributed by atoms with van der Waals surface area (Å²) < 4.78 is 6.55. The zero-order valence-electron chi connectivity index (χ0n) is 17.1. The molecule has 0 unspecified atom stereocenters. The van der Waals surface area contributed by atoms with E-state index >= 15 is 0 Å². The van der Waals surface area contributed by atoms with Crippen molar-refractivity contribution in [3.63, 3.8) is 0 Å². The highest BCUT2D eigenvalue weighted by molar-refractivity contribution is 7.22. The van der Waals surface area contributed by atoms with Gasteiger partial charge in [-0.3, -0.25) is 9.59 Å². The van der Waals surface area contributed by atoms with Gasteiger partial charge < -0.3 is 19.9 Å². The zero-order valence-corrected chi connectivity index (χ0v) is 17.9. The first-order valence-corrected chi connectivity index (χ1v) is 10.7. The predicted molar refractivity (Wildman–Crippen MR) is 120 cm³/mol. The van der Waals surface area contributed by atoms with Crippen LogP contribution < -0.4 is 15.0 Å². The number of likely N-dealkylation sites (N-methyl/N-ethyl adjacent to an activating group) is 1. The van der Waals surface area contributed by atoms with Gasteiger partial charge in [-0.25, -0.2) is 4.98 Å². The monoisotopic (exact) mass is 424 g/mol. The number of carbonyl (C=O) groups is 2. The summed E-state index contributed by atoms with van der Waals surface area (Å²) in [4.78, 5) is 32.9. The van der Waals surface area contributed by atoms with Crippen LogP contribution in [0.25, 0.3) is 10.2 Å². The van der Waals surface area contributed by atoms with Crippen LogP contribution in [0.2, 0.25) is 0 Å². The van der Waals surface area contributed by atoms with Crippen LogP contribution in [0.1, 0.15) is 23.2 Å². The zero-order chi connectivity index (χ0) is 21.1.